The number of carbonyl (C=O) groups excluding carboxylic acids is 1. The summed E-state index contributed by atoms with van der Waals surface area (Å²) in [6, 6.07) is 2.36. The number of benzene rings is 1. The van der Waals surface area contributed by atoms with E-state index < -0.39 is 25.2 Å². The minimum absolute atomic E-state index is 0.100. The first-order valence-electron chi connectivity index (χ1n) is 5.47. The van der Waals surface area contributed by atoms with E-state index in [1.54, 1.807) is 0 Å². The highest BCUT2D eigenvalue weighted by Gasteiger charge is 2.33. The van der Waals surface area contributed by atoms with E-state index in [1.807, 2.05) is 0 Å². The Labute approximate surface area is 117 Å². The van der Waals surface area contributed by atoms with E-state index >= 15 is 0 Å². The molecule has 0 spiro atoms. The summed E-state index contributed by atoms with van der Waals surface area (Å²) < 4.78 is 37.7. The number of nitrogens with zero attached hydrogens (tertiary/aromatic N) is 1. The number of carbonyl (C=O) groups is 1. The van der Waals surface area contributed by atoms with Crippen molar-refractivity contribution in [1.29, 1.82) is 0 Å². The first kappa shape index (κ1) is 16.4. The van der Waals surface area contributed by atoms with Crippen LogP contribution in [0.15, 0.2) is 12.1 Å². The van der Waals surface area contributed by atoms with Gasteiger partial charge in [0.05, 0.1) is 22.9 Å². The van der Waals surface area contributed by atoms with Crippen LogP contribution in [0, 0.1) is 0 Å². The van der Waals surface area contributed by atoms with E-state index in [4.69, 9.17) is 28.2 Å². The molecule has 112 valence electrons. The molecule has 0 saturated heterocycles. The quantitative estimate of drug-likeness (QED) is 0.716. The van der Waals surface area contributed by atoms with Crippen molar-refractivity contribution in [2.75, 3.05) is 30.3 Å². The molecule has 0 radical (unpaired) electrons. The van der Waals surface area contributed by atoms with Gasteiger partial charge in [-0.25, -0.2) is 0 Å². The molecule has 1 rings (SSSR count). The molecule has 9 heteroatoms. The number of nitrogen functional groups attached to an aromatic ring is 1. The Morgan fingerprint density at radius 2 is 2.00 bits per heavy atom. The summed E-state index contributed by atoms with van der Waals surface area (Å²) in [5.74, 6) is -0.959. The van der Waals surface area contributed by atoms with Crippen LogP contribution in [0.4, 0.5) is 24.5 Å². The maximum atomic E-state index is 12.6. The zero-order valence-electron chi connectivity index (χ0n) is 10.2. The minimum Gasteiger partial charge on any atom is -0.399 e. The van der Waals surface area contributed by atoms with E-state index in [1.165, 1.54) is 6.07 Å². The second-order valence-corrected chi connectivity index (χ2v) is 4.43. The fourth-order valence-corrected chi connectivity index (χ4v) is 2.08. The molecule has 0 fully saturated rings. The van der Waals surface area contributed by atoms with Crippen molar-refractivity contribution in [3.05, 3.63) is 22.7 Å². The molecular formula is C11H13ClF3N3O2. The van der Waals surface area contributed by atoms with Gasteiger partial charge in [-0.05, 0) is 12.1 Å². The summed E-state index contributed by atoms with van der Waals surface area (Å²) in [5.41, 5.74) is 10.3. The number of anilines is 2. The van der Waals surface area contributed by atoms with Gasteiger partial charge in [0.2, 0.25) is 0 Å². The van der Waals surface area contributed by atoms with Gasteiger partial charge in [0.25, 0.3) is 5.91 Å². The van der Waals surface area contributed by atoms with Gasteiger partial charge in [0.1, 0.15) is 6.54 Å². The molecule has 0 heterocycles. The first-order chi connectivity index (χ1) is 9.15. The molecule has 5 nitrogen and oxygen atoms in total. The van der Waals surface area contributed by atoms with Gasteiger partial charge in [-0.15, -0.1) is 0 Å². The van der Waals surface area contributed by atoms with Gasteiger partial charge in [-0.2, -0.15) is 13.2 Å². The van der Waals surface area contributed by atoms with Crippen LogP contribution >= 0.6 is 11.6 Å². The van der Waals surface area contributed by atoms with E-state index in [-0.39, 0.29) is 28.5 Å². The summed E-state index contributed by atoms with van der Waals surface area (Å²) in [5, 5.41) is 8.73. The van der Waals surface area contributed by atoms with Crippen LogP contribution in [0.25, 0.3) is 0 Å². The third-order valence-electron chi connectivity index (χ3n) is 2.41. The Morgan fingerprint density at radius 1 is 1.40 bits per heavy atom. The standard InChI is InChI=1S/C11H13ClF3N3O2/c12-8-4-6(16)3-7(10(17)20)9(8)18(1-2-19)5-11(13,14)15/h3-4,19H,1-2,5,16H2,(H2,17,20). The summed E-state index contributed by atoms with van der Waals surface area (Å²) >= 11 is 5.86. The van der Waals surface area contributed by atoms with E-state index in [0.717, 1.165) is 11.0 Å². The lowest BCUT2D eigenvalue weighted by atomic mass is 10.1. The van der Waals surface area contributed by atoms with Crippen molar-refractivity contribution in [3.63, 3.8) is 0 Å². The number of nitrogens with two attached hydrogens (primary N) is 2. The maximum Gasteiger partial charge on any atom is 0.405 e. The van der Waals surface area contributed by atoms with Gasteiger partial charge in [-0.3, -0.25) is 4.79 Å². The van der Waals surface area contributed by atoms with Gasteiger partial charge < -0.3 is 21.5 Å². The monoisotopic (exact) mass is 311 g/mol. The van der Waals surface area contributed by atoms with Crippen LogP contribution < -0.4 is 16.4 Å². The van der Waals surface area contributed by atoms with Gasteiger partial charge in [-0.1, -0.05) is 11.6 Å². The molecule has 20 heavy (non-hydrogen) atoms. The van der Waals surface area contributed by atoms with Crippen molar-refractivity contribution in [3.8, 4) is 0 Å². The van der Waals surface area contributed by atoms with Crippen molar-refractivity contribution in [1.82, 2.24) is 0 Å². The van der Waals surface area contributed by atoms with Crippen LogP contribution in [0.3, 0.4) is 0 Å². The summed E-state index contributed by atoms with van der Waals surface area (Å²) in [6.07, 6.45) is -4.53. The third-order valence-corrected chi connectivity index (χ3v) is 2.70. The van der Waals surface area contributed by atoms with Crippen molar-refractivity contribution in [2.45, 2.75) is 6.18 Å². The number of rotatable bonds is 5. The highest BCUT2D eigenvalue weighted by molar-refractivity contribution is 6.34. The fourth-order valence-electron chi connectivity index (χ4n) is 1.74. The molecule has 0 aliphatic heterocycles. The SMILES string of the molecule is NC(=O)c1cc(N)cc(Cl)c1N(CCO)CC(F)(F)F. The van der Waals surface area contributed by atoms with E-state index in [9.17, 15) is 18.0 Å². The number of alkyl halides is 3. The molecule has 1 amide bonds. The van der Waals surface area contributed by atoms with Crippen LogP contribution in [0.5, 0.6) is 0 Å². The molecule has 0 unspecified atom stereocenters. The molecule has 1 aromatic rings. The van der Waals surface area contributed by atoms with Crippen LogP contribution in [-0.4, -0.2) is 36.9 Å². The van der Waals surface area contributed by atoms with Crippen LogP contribution in [0.2, 0.25) is 5.02 Å². The third kappa shape index (κ3) is 4.17. The number of halogens is 4. The molecule has 0 aromatic heterocycles. The number of hydrogen-bond donors (Lipinski definition) is 3. The minimum atomic E-state index is -4.53. The topological polar surface area (TPSA) is 92.6 Å². The van der Waals surface area contributed by atoms with Gasteiger partial charge >= 0.3 is 6.18 Å². The lowest BCUT2D eigenvalue weighted by molar-refractivity contribution is -0.119. The van der Waals surface area contributed by atoms with E-state index in [2.05, 4.69) is 0 Å². The van der Waals surface area contributed by atoms with Gasteiger partial charge in [0.15, 0.2) is 0 Å². The molecule has 0 aliphatic rings. The second-order valence-electron chi connectivity index (χ2n) is 4.02. The summed E-state index contributed by atoms with van der Waals surface area (Å²) in [4.78, 5) is 12.1. The number of aliphatic hydroxyl groups is 1. The highest BCUT2D eigenvalue weighted by atomic mass is 35.5. The Bertz CT molecular complexity index is 508. The fraction of sp³-hybridized carbons (Fsp3) is 0.364. The molecule has 1 aromatic carbocycles. The summed E-state index contributed by atoms with van der Waals surface area (Å²) in [7, 11) is 0. The Hall–Kier alpha value is -1.67. The number of aliphatic hydroxyl groups excluding tert-OH is 1. The Kier molecular flexibility index (Phi) is 5.07. The molecule has 0 atom stereocenters. The average Bonchev–Trinajstić information content (AvgIpc) is 2.25. The summed E-state index contributed by atoms with van der Waals surface area (Å²) in [6.45, 7) is -2.28. The van der Waals surface area contributed by atoms with Crippen LogP contribution in [-0.2, 0) is 0 Å². The predicted molar refractivity (Wildman–Crippen MR) is 69.7 cm³/mol. The second kappa shape index (κ2) is 6.19. The number of hydrogen-bond acceptors (Lipinski definition) is 4. The average molecular weight is 312 g/mol. The lowest BCUT2D eigenvalue weighted by Gasteiger charge is -2.27. The first-order valence-corrected chi connectivity index (χ1v) is 5.85. The zero-order valence-corrected chi connectivity index (χ0v) is 11.0. The van der Waals surface area contributed by atoms with Gasteiger partial charge in [0, 0.05) is 12.2 Å². The molecule has 0 aliphatic carbocycles. The molecule has 0 saturated carbocycles. The predicted octanol–water partition coefficient (Wildman–Crippen LogP) is 1.38. The van der Waals surface area contributed by atoms with Crippen molar-refractivity contribution >= 4 is 28.9 Å². The smallest absolute Gasteiger partial charge is 0.399 e. The molecule has 0 bridgehead atoms. The lowest BCUT2D eigenvalue weighted by Crippen LogP contribution is -2.37. The molecular weight excluding hydrogens is 299 g/mol. The van der Waals surface area contributed by atoms with E-state index in [0.29, 0.717) is 0 Å². The Balaban J connectivity index is 3.35. The highest BCUT2D eigenvalue weighted by Crippen LogP contribution is 2.34. The normalized spacial score (nSPS) is 11.4. The van der Waals surface area contributed by atoms with Crippen molar-refractivity contribution in [2.24, 2.45) is 5.73 Å². The number of amides is 1. The largest absolute Gasteiger partial charge is 0.405 e. The van der Waals surface area contributed by atoms with Crippen LogP contribution in [0.1, 0.15) is 10.4 Å². The zero-order chi connectivity index (χ0) is 15.5. The Morgan fingerprint density at radius 3 is 2.45 bits per heavy atom. The van der Waals surface area contributed by atoms with Crippen molar-refractivity contribution < 1.29 is 23.1 Å². The maximum absolute atomic E-state index is 12.6. The molecule has 5 N–H and O–H groups in total. The number of primary amides is 1.